The van der Waals surface area contributed by atoms with Crippen LogP contribution in [0.4, 0.5) is 0 Å². The van der Waals surface area contributed by atoms with Crippen LogP contribution in [0.25, 0.3) is 10.9 Å². The molecule has 0 saturated carbocycles. The average Bonchev–Trinajstić information content (AvgIpc) is 2.98. The predicted molar refractivity (Wildman–Crippen MR) is 98.9 cm³/mol. The number of rotatable bonds is 4. The van der Waals surface area contributed by atoms with Crippen molar-refractivity contribution in [3.05, 3.63) is 65.4 Å². The Kier molecular flexibility index (Phi) is 4.18. The molecule has 1 heterocycles. The number of hydrogen-bond donors (Lipinski definition) is 2. The Morgan fingerprint density at radius 2 is 2.08 bits per heavy atom. The summed E-state index contributed by atoms with van der Waals surface area (Å²) in [6.07, 6.45) is 2.80. The van der Waals surface area contributed by atoms with E-state index in [1.54, 1.807) is 0 Å². The third-order valence-corrected chi connectivity index (χ3v) is 4.82. The number of aromatic nitrogens is 1. The number of carbonyl (C=O) groups is 1. The van der Waals surface area contributed by atoms with Crippen molar-refractivity contribution >= 4 is 16.8 Å². The minimum absolute atomic E-state index is 0.0548. The maximum atomic E-state index is 12.2. The normalized spacial score (nSPS) is 16.4. The molecule has 4 nitrogen and oxygen atoms in total. The largest absolute Gasteiger partial charge is 0.484 e. The van der Waals surface area contributed by atoms with Crippen LogP contribution in [0.1, 0.15) is 23.2 Å². The summed E-state index contributed by atoms with van der Waals surface area (Å²) in [5.74, 6) is 0.652. The fraction of sp³-hybridized carbons (Fsp3) is 0.286. The fourth-order valence-electron chi connectivity index (χ4n) is 3.60. The highest BCUT2D eigenvalue weighted by Gasteiger charge is 2.23. The van der Waals surface area contributed by atoms with Crippen molar-refractivity contribution in [3.63, 3.8) is 0 Å². The summed E-state index contributed by atoms with van der Waals surface area (Å²) in [5, 5.41) is 4.43. The van der Waals surface area contributed by atoms with Crippen LogP contribution in [0.3, 0.4) is 0 Å². The maximum Gasteiger partial charge on any atom is 0.258 e. The molecule has 1 aliphatic rings. The highest BCUT2D eigenvalue weighted by atomic mass is 16.5. The van der Waals surface area contributed by atoms with E-state index in [9.17, 15) is 4.79 Å². The van der Waals surface area contributed by atoms with E-state index in [1.165, 1.54) is 27.7 Å². The van der Waals surface area contributed by atoms with Crippen molar-refractivity contribution in [1.82, 2.24) is 10.3 Å². The minimum Gasteiger partial charge on any atom is -0.484 e. The number of nitrogens with one attached hydrogen (secondary N) is 2. The van der Waals surface area contributed by atoms with E-state index in [-0.39, 0.29) is 18.6 Å². The summed E-state index contributed by atoms with van der Waals surface area (Å²) in [6, 6.07) is 16.1. The standard InChI is InChI=1S/C21H22N2O2/c1-14-7-10-19-18(11-14)17-9-8-15(12-20(17)23-19)22-21(24)13-25-16-5-3-2-4-6-16/h2-7,10-11,15,23H,8-9,12-13H2,1H3,(H,22,24). The van der Waals surface area contributed by atoms with Crippen molar-refractivity contribution in [2.45, 2.75) is 32.2 Å². The van der Waals surface area contributed by atoms with Crippen molar-refractivity contribution in [2.75, 3.05) is 6.61 Å². The topological polar surface area (TPSA) is 54.1 Å². The predicted octanol–water partition coefficient (Wildman–Crippen LogP) is 3.53. The van der Waals surface area contributed by atoms with Gasteiger partial charge >= 0.3 is 0 Å². The molecule has 0 saturated heterocycles. The zero-order valence-electron chi connectivity index (χ0n) is 14.3. The number of carbonyl (C=O) groups excluding carboxylic acids is 1. The quantitative estimate of drug-likeness (QED) is 0.767. The molecule has 25 heavy (non-hydrogen) atoms. The van der Waals surface area contributed by atoms with Crippen LogP contribution in [0.2, 0.25) is 0 Å². The number of aromatic amines is 1. The molecule has 0 aliphatic heterocycles. The fourth-order valence-corrected chi connectivity index (χ4v) is 3.60. The minimum atomic E-state index is -0.0655. The van der Waals surface area contributed by atoms with Crippen molar-refractivity contribution in [3.8, 4) is 5.75 Å². The van der Waals surface area contributed by atoms with E-state index < -0.39 is 0 Å². The third kappa shape index (κ3) is 3.38. The Balaban J connectivity index is 1.39. The summed E-state index contributed by atoms with van der Waals surface area (Å²) in [4.78, 5) is 15.7. The highest BCUT2D eigenvalue weighted by Crippen LogP contribution is 2.29. The number of para-hydroxylation sites is 1. The molecule has 1 aromatic heterocycles. The number of fused-ring (bicyclic) bond motifs is 3. The molecule has 0 fully saturated rings. The molecule has 2 N–H and O–H groups in total. The van der Waals surface area contributed by atoms with Crippen LogP contribution in [0.15, 0.2) is 48.5 Å². The number of aryl methyl sites for hydroxylation is 2. The third-order valence-electron chi connectivity index (χ3n) is 4.82. The molecule has 1 aliphatic carbocycles. The van der Waals surface area contributed by atoms with Gasteiger partial charge in [-0.2, -0.15) is 0 Å². The van der Waals surface area contributed by atoms with E-state index >= 15 is 0 Å². The van der Waals surface area contributed by atoms with Crippen LogP contribution < -0.4 is 10.1 Å². The first-order chi connectivity index (χ1) is 12.2. The molecule has 0 bridgehead atoms. The monoisotopic (exact) mass is 334 g/mol. The molecule has 128 valence electrons. The highest BCUT2D eigenvalue weighted by molar-refractivity contribution is 5.85. The van der Waals surface area contributed by atoms with Crippen LogP contribution in [0, 0.1) is 6.92 Å². The van der Waals surface area contributed by atoms with Gasteiger partial charge in [-0.15, -0.1) is 0 Å². The Labute approximate surface area is 147 Å². The van der Waals surface area contributed by atoms with E-state index in [2.05, 4.69) is 35.4 Å². The number of hydrogen-bond acceptors (Lipinski definition) is 2. The van der Waals surface area contributed by atoms with Gasteiger partial charge in [-0.25, -0.2) is 0 Å². The van der Waals surface area contributed by atoms with Crippen LogP contribution in [-0.4, -0.2) is 23.5 Å². The van der Waals surface area contributed by atoms with Crippen LogP contribution >= 0.6 is 0 Å². The molecule has 2 aromatic carbocycles. The Bertz CT molecular complexity index is 899. The lowest BCUT2D eigenvalue weighted by Crippen LogP contribution is -2.41. The average molecular weight is 334 g/mol. The van der Waals surface area contributed by atoms with Gasteiger partial charge in [-0.1, -0.05) is 29.8 Å². The zero-order valence-corrected chi connectivity index (χ0v) is 14.3. The molecule has 0 spiro atoms. The van der Waals surface area contributed by atoms with Gasteiger partial charge in [0, 0.05) is 29.1 Å². The van der Waals surface area contributed by atoms with Gasteiger partial charge in [-0.05, 0) is 49.6 Å². The van der Waals surface area contributed by atoms with Crippen molar-refractivity contribution < 1.29 is 9.53 Å². The molecular formula is C21H22N2O2. The van der Waals surface area contributed by atoms with Gasteiger partial charge in [0.25, 0.3) is 5.91 Å². The first kappa shape index (κ1) is 15.8. The molecule has 4 heteroatoms. The number of benzene rings is 2. The number of H-pyrrole nitrogens is 1. The smallest absolute Gasteiger partial charge is 0.258 e. The lowest BCUT2D eigenvalue weighted by molar-refractivity contribution is -0.123. The number of amides is 1. The molecule has 3 aromatic rings. The maximum absolute atomic E-state index is 12.2. The van der Waals surface area contributed by atoms with Crippen molar-refractivity contribution in [1.29, 1.82) is 0 Å². The van der Waals surface area contributed by atoms with Gasteiger partial charge in [0.15, 0.2) is 6.61 Å². The summed E-state index contributed by atoms with van der Waals surface area (Å²) >= 11 is 0. The van der Waals surface area contributed by atoms with Crippen molar-refractivity contribution in [2.24, 2.45) is 0 Å². The van der Waals surface area contributed by atoms with E-state index in [0.29, 0.717) is 0 Å². The second-order valence-corrected chi connectivity index (χ2v) is 6.74. The van der Waals surface area contributed by atoms with Gasteiger partial charge in [-0.3, -0.25) is 4.79 Å². The van der Waals surface area contributed by atoms with Gasteiger partial charge in [0.05, 0.1) is 0 Å². The molecule has 0 radical (unpaired) electrons. The SMILES string of the molecule is Cc1ccc2[nH]c3c(c2c1)CCC(NC(=O)COc1ccccc1)C3. The lowest BCUT2D eigenvalue weighted by atomic mass is 9.91. The number of ether oxygens (including phenoxy) is 1. The molecular weight excluding hydrogens is 312 g/mol. The molecule has 1 amide bonds. The first-order valence-corrected chi connectivity index (χ1v) is 8.76. The van der Waals surface area contributed by atoms with Gasteiger partial charge in [0.2, 0.25) is 0 Å². The Morgan fingerprint density at radius 1 is 1.24 bits per heavy atom. The molecule has 4 rings (SSSR count). The molecule has 1 unspecified atom stereocenters. The lowest BCUT2D eigenvalue weighted by Gasteiger charge is -2.23. The summed E-state index contributed by atoms with van der Waals surface area (Å²) in [7, 11) is 0. The molecule has 1 atom stereocenters. The second kappa shape index (κ2) is 6.63. The second-order valence-electron chi connectivity index (χ2n) is 6.74. The summed E-state index contributed by atoms with van der Waals surface area (Å²) in [6.45, 7) is 2.18. The van der Waals surface area contributed by atoms with Gasteiger partial charge < -0.3 is 15.0 Å². The van der Waals surface area contributed by atoms with E-state index in [0.717, 1.165) is 25.0 Å². The van der Waals surface area contributed by atoms with Gasteiger partial charge in [0.1, 0.15) is 5.75 Å². The van der Waals surface area contributed by atoms with Crippen LogP contribution in [0.5, 0.6) is 5.75 Å². The zero-order chi connectivity index (χ0) is 17.2. The van der Waals surface area contributed by atoms with Crippen LogP contribution in [-0.2, 0) is 17.6 Å². The first-order valence-electron chi connectivity index (χ1n) is 8.76. The Morgan fingerprint density at radius 3 is 2.92 bits per heavy atom. The summed E-state index contributed by atoms with van der Waals surface area (Å²) < 4.78 is 5.52. The summed E-state index contributed by atoms with van der Waals surface area (Å²) in [5.41, 5.74) is 5.13. The van der Waals surface area contributed by atoms with E-state index in [1.807, 2.05) is 30.3 Å². The van der Waals surface area contributed by atoms with E-state index in [4.69, 9.17) is 4.74 Å². The Hall–Kier alpha value is -2.75.